The van der Waals surface area contributed by atoms with Crippen LogP contribution in [0.4, 0.5) is 5.69 Å². The molecule has 0 aliphatic carbocycles. The van der Waals surface area contributed by atoms with Crippen molar-refractivity contribution in [3.63, 3.8) is 0 Å². The van der Waals surface area contributed by atoms with Crippen LogP contribution in [0.3, 0.4) is 0 Å². The molecule has 0 saturated carbocycles. The first-order valence-electron chi connectivity index (χ1n) is 6.04. The molecule has 0 radical (unpaired) electrons. The minimum absolute atomic E-state index is 0.567. The molecule has 94 valence electrons. The molecular weight excluding hydrogens is 226 g/mol. The van der Waals surface area contributed by atoms with Gasteiger partial charge in [0, 0.05) is 17.4 Å². The Morgan fingerprint density at radius 3 is 2.78 bits per heavy atom. The van der Waals surface area contributed by atoms with Gasteiger partial charge in [0.15, 0.2) is 0 Å². The van der Waals surface area contributed by atoms with E-state index in [9.17, 15) is 0 Å². The van der Waals surface area contributed by atoms with E-state index in [4.69, 9.17) is 10.5 Å². The standard InChI is InChI=1S/C14H17N3O/c1-3-4-11-8-14(17-9-16-11)18-12-5-6-13(15)10(2)7-12/h5-9H,3-4,15H2,1-2H3. The first kappa shape index (κ1) is 12.4. The zero-order chi connectivity index (χ0) is 13.0. The molecule has 0 fully saturated rings. The fourth-order valence-corrected chi connectivity index (χ4v) is 1.66. The highest BCUT2D eigenvalue weighted by atomic mass is 16.5. The fourth-order valence-electron chi connectivity index (χ4n) is 1.66. The van der Waals surface area contributed by atoms with E-state index >= 15 is 0 Å². The summed E-state index contributed by atoms with van der Waals surface area (Å²) in [6.07, 6.45) is 3.52. The van der Waals surface area contributed by atoms with Gasteiger partial charge in [0.1, 0.15) is 12.1 Å². The Labute approximate surface area is 107 Å². The Kier molecular flexibility index (Phi) is 3.77. The Morgan fingerprint density at radius 1 is 1.22 bits per heavy atom. The zero-order valence-corrected chi connectivity index (χ0v) is 10.7. The summed E-state index contributed by atoms with van der Waals surface area (Å²) in [6.45, 7) is 4.07. The van der Waals surface area contributed by atoms with Crippen molar-refractivity contribution in [3.05, 3.63) is 41.9 Å². The number of hydrogen-bond acceptors (Lipinski definition) is 4. The number of hydrogen-bond donors (Lipinski definition) is 1. The minimum Gasteiger partial charge on any atom is -0.439 e. The lowest BCUT2D eigenvalue weighted by atomic mass is 10.2. The molecule has 0 spiro atoms. The molecule has 18 heavy (non-hydrogen) atoms. The molecule has 2 N–H and O–H groups in total. The normalized spacial score (nSPS) is 10.3. The molecule has 2 aromatic rings. The second kappa shape index (κ2) is 5.49. The van der Waals surface area contributed by atoms with E-state index in [1.165, 1.54) is 6.33 Å². The number of nitrogen functional groups attached to an aromatic ring is 1. The van der Waals surface area contributed by atoms with Gasteiger partial charge in [0.05, 0.1) is 0 Å². The van der Waals surface area contributed by atoms with Crippen LogP contribution in [0.2, 0.25) is 0 Å². The predicted octanol–water partition coefficient (Wildman–Crippen LogP) is 3.11. The molecular formula is C14H17N3O. The van der Waals surface area contributed by atoms with Crippen LogP contribution >= 0.6 is 0 Å². The van der Waals surface area contributed by atoms with Gasteiger partial charge in [-0.15, -0.1) is 0 Å². The van der Waals surface area contributed by atoms with E-state index in [-0.39, 0.29) is 0 Å². The van der Waals surface area contributed by atoms with Crippen molar-refractivity contribution >= 4 is 5.69 Å². The van der Waals surface area contributed by atoms with Gasteiger partial charge in [0.25, 0.3) is 0 Å². The summed E-state index contributed by atoms with van der Waals surface area (Å²) >= 11 is 0. The number of benzene rings is 1. The third-order valence-corrected chi connectivity index (χ3v) is 2.67. The van der Waals surface area contributed by atoms with Crippen LogP contribution in [-0.2, 0) is 6.42 Å². The van der Waals surface area contributed by atoms with Crippen LogP contribution < -0.4 is 10.5 Å². The van der Waals surface area contributed by atoms with Gasteiger partial charge in [-0.3, -0.25) is 0 Å². The first-order valence-corrected chi connectivity index (χ1v) is 6.04. The smallest absolute Gasteiger partial charge is 0.222 e. The molecule has 0 amide bonds. The molecule has 0 aliphatic heterocycles. The Hall–Kier alpha value is -2.10. The summed E-state index contributed by atoms with van der Waals surface area (Å²) < 4.78 is 5.69. The number of aryl methyl sites for hydroxylation is 2. The molecule has 1 heterocycles. The van der Waals surface area contributed by atoms with Crippen molar-refractivity contribution in [3.8, 4) is 11.6 Å². The van der Waals surface area contributed by atoms with Crippen LogP contribution in [-0.4, -0.2) is 9.97 Å². The SMILES string of the molecule is CCCc1cc(Oc2ccc(N)c(C)c2)ncn1. The highest BCUT2D eigenvalue weighted by molar-refractivity contribution is 5.50. The maximum absolute atomic E-state index is 5.76. The second-order valence-corrected chi connectivity index (χ2v) is 4.22. The first-order chi connectivity index (χ1) is 8.69. The maximum atomic E-state index is 5.76. The average molecular weight is 243 g/mol. The summed E-state index contributed by atoms with van der Waals surface area (Å²) in [5.41, 5.74) is 8.52. The lowest BCUT2D eigenvalue weighted by Gasteiger charge is -2.07. The van der Waals surface area contributed by atoms with E-state index in [0.717, 1.165) is 35.5 Å². The Balaban J connectivity index is 2.17. The Bertz CT molecular complexity index is 540. The van der Waals surface area contributed by atoms with Gasteiger partial charge in [-0.2, -0.15) is 0 Å². The Morgan fingerprint density at radius 2 is 2.06 bits per heavy atom. The van der Waals surface area contributed by atoms with E-state index in [1.54, 1.807) is 0 Å². The number of rotatable bonds is 4. The molecule has 1 aromatic carbocycles. The fraction of sp³-hybridized carbons (Fsp3) is 0.286. The largest absolute Gasteiger partial charge is 0.439 e. The molecule has 0 atom stereocenters. The molecule has 0 unspecified atom stereocenters. The van der Waals surface area contributed by atoms with Crippen LogP contribution in [0.25, 0.3) is 0 Å². The number of nitrogens with zero attached hydrogens (tertiary/aromatic N) is 2. The quantitative estimate of drug-likeness (QED) is 0.838. The van der Waals surface area contributed by atoms with Gasteiger partial charge in [-0.25, -0.2) is 9.97 Å². The third-order valence-electron chi connectivity index (χ3n) is 2.67. The number of aromatic nitrogens is 2. The van der Waals surface area contributed by atoms with E-state index in [2.05, 4.69) is 16.9 Å². The molecule has 0 bridgehead atoms. The lowest BCUT2D eigenvalue weighted by molar-refractivity contribution is 0.460. The van der Waals surface area contributed by atoms with Crippen molar-refractivity contribution in [2.45, 2.75) is 26.7 Å². The van der Waals surface area contributed by atoms with Crippen molar-refractivity contribution in [2.24, 2.45) is 0 Å². The van der Waals surface area contributed by atoms with Crippen molar-refractivity contribution in [1.29, 1.82) is 0 Å². The summed E-state index contributed by atoms with van der Waals surface area (Å²) in [5.74, 6) is 1.31. The predicted molar refractivity (Wildman–Crippen MR) is 71.7 cm³/mol. The topological polar surface area (TPSA) is 61.0 Å². The summed E-state index contributed by atoms with van der Waals surface area (Å²) in [5, 5.41) is 0. The highest BCUT2D eigenvalue weighted by Crippen LogP contribution is 2.23. The van der Waals surface area contributed by atoms with Gasteiger partial charge < -0.3 is 10.5 Å². The molecule has 0 saturated heterocycles. The molecule has 4 heteroatoms. The number of anilines is 1. The third kappa shape index (κ3) is 2.97. The monoisotopic (exact) mass is 243 g/mol. The molecule has 1 aromatic heterocycles. The van der Waals surface area contributed by atoms with Gasteiger partial charge >= 0.3 is 0 Å². The van der Waals surface area contributed by atoms with Crippen molar-refractivity contribution in [2.75, 3.05) is 5.73 Å². The zero-order valence-electron chi connectivity index (χ0n) is 10.7. The molecule has 0 aliphatic rings. The maximum Gasteiger partial charge on any atom is 0.222 e. The molecule has 2 rings (SSSR count). The van der Waals surface area contributed by atoms with Crippen molar-refractivity contribution in [1.82, 2.24) is 9.97 Å². The summed E-state index contributed by atoms with van der Waals surface area (Å²) in [6, 6.07) is 7.44. The highest BCUT2D eigenvalue weighted by Gasteiger charge is 2.02. The van der Waals surface area contributed by atoms with Crippen molar-refractivity contribution < 1.29 is 4.74 Å². The van der Waals surface area contributed by atoms with Crippen LogP contribution in [0.15, 0.2) is 30.6 Å². The number of ether oxygens (including phenoxy) is 1. The minimum atomic E-state index is 0.567. The summed E-state index contributed by atoms with van der Waals surface area (Å²) in [4.78, 5) is 8.30. The van der Waals surface area contributed by atoms with E-state index < -0.39 is 0 Å². The lowest BCUT2D eigenvalue weighted by Crippen LogP contribution is -1.95. The van der Waals surface area contributed by atoms with Crippen LogP contribution in [0.5, 0.6) is 11.6 Å². The van der Waals surface area contributed by atoms with Crippen LogP contribution in [0.1, 0.15) is 24.6 Å². The number of nitrogens with two attached hydrogens (primary N) is 1. The van der Waals surface area contributed by atoms with Gasteiger partial charge in [-0.05, 0) is 37.1 Å². The second-order valence-electron chi connectivity index (χ2n) is 4.22. The van der Waals surface area contributed by atoms with E-state index in [1.807, 2.05) is 31.2 Å². The van der Waals surface area contributed by atoms with Gasteiger partial charge in [-0.1, -0.05) is 13.3 Å². The molecule has 4 nitrogen and oxygen atoms in total. The average Bonchev–Trinajstić information content (AvgIpc) is 2.35. The van der Waals surface area contributed by atoms with Gasteiger partial charge in [0.2, 0.25) is 5.88 Å². The van der Waals surface area contributed by atoms with Crippen LogP contribution in [0, 0.1) is 6.92 Å². The van der Waals surface area contributed by atoms with E-state index in [0.29, 0.717) is 5.88 Å². The summed E-state index contributed by atoms with van der Waals surface area (Å²) in [7, 11) is 0.